The predicted octanol–water partition coefficient (Wildman–Crippen LogP) is 5.21. The van der Waals surface area contributed by atoms with Crippen LogP contribution in [0.1, 0.15) is 10.4 Å². The number of aromatic hydroxyl groups is 1. The van der Waals surface area contributed by atoms with E-state index < -0.39 is 0 Å². The second-order valence-electron chi connectivity index (χ2n) is 4.76. The van der Waals surface area contributed by atoms with Crippen LogP contribution in [-0.2, 0) is 0 Å². The van der Waals surface area contributed by atoms with Crippen LogP contribution in [-0.4, -0.2) is 11.0 Å². The van der Waals surface area contributed by atoms with Gasteiger partial charge in [0.05, 0.1) is 10.2 Å². The molecule has 0 aliphatic carbocycles. The number of nitrogens with one attached hydrogen (secondary N) is 1. The van der Waals surface area contributed by atoms with Crippen LogP contribution in [0, 0.1) is 0 Å². The second kappa shape index (κ2) is 5.99. The lowest BCUT2D eigenvalue weighted by molar-refractivity contribution is 0.102. The summed E-state index contributed by atoms with van der Waals surface area (Å²) in [7, 11) is 0. The van der Waals surface area contributed by atoms with E-state index in [4.69, 9.17) is 11.6 Å². The Morgan fingerprint density at radius 1 is 1.05 bits per heavy atom. The summed E-state index contributed by atoms with van der Waals surface area (Å²) in [6.07, 6.45) is 0. The van der Waals surface area contributed by atoms with E-state index in [9.17, 15) is 9.90 Å². The van der Waals surface area contributed by atoms with Gasteiger partial charge in [0.2, 0.25) is 0 Å². The second-order valence-corrected chi connectivity index (χ2v) is 6.05. The molecule has 3 rings (SSSR count). The number of carbonyl (C=O) groups is 1. The summed E-state index contributed by atoms with van der Waals surface area (Å²) in [5, 5.41) is 15.0. The molecule has 0 aliphatic heterocycles. The van der Waals surface area contributed by atoms with Crippen molar-refractivity contribution in [2.24, 2.45) is 0 Å². The molecule has 0 aliphatic rings. The summed E-state index contributed by atoms with van der Waals surface area (Å²) in [4.78, 5) is 12.3. The zero-order valence-electron chi connectivity index (χ0n) is 11.3. The summed E-state index contributed by atoms with van der Waals surface area (Å²) < 4.78 is 0.526. The fourth-order valence-corrected chi connectivity index (χ4v) is 2.79. The minimum Gasteiger partial charge on any atom is -0.506 e. The lowest BCUT2D eigenvalue weighted by Crippen LogP contribution is -2.12. The van der Waals surface area contributed by atoms with Gasteiger partial charge in [-0.15, -0.1) is 0 Å². The third-order valence-corrected chi connectivity index (χ3v) is 4.18. The van der Waals surface area contributed by atoms with Crippen molar-refractivity contribution in [2.45, 2.75) is 0 Å². The van der Waals surface area contributed by atoms with Gasteiger partial charge in [-0.2, -0.15) is 0 Å². The van der Waals surface area contributed by atoms with Crippen molar-refractivity contribution in [1.82, 2.24) is 0 Å². The zero-order chi connectivity index (χ0) is 15.7. The van der Waals surface area contributed by atoms with Gasteiger partial charge >= 0.3 is 0 Å². The number of benzene rings is 3. The minimum atomic E-state index is -0.237. The van der Waals surface area contributed by atoms with Gasteiger partial charge in [-0.05, 0) is 46.3 Å². The Balaban J connectivity index is 2.02. The molecular weight excluding hydrogens is 366 g/mol. The molecule has 2 N–H and O–H groups in total. The van der Waals surface area contributed by atoms with Gasteiger partial charge in [-0.1, -0.05) is 35.9 Å². The van der Waals surface area contributed by atoms with Gasteiger partial charge in [0.25, 0.3) is 5.91 Å². The van der Waals surface area contributed by atoms with E-state index in [1.165, 1.54) is 0 Å². The Morgan fingerprint density at radius 3 is 2.36 bits per heavy atom. The van der Waals surface area contributed by atoms with Crippen LogP contribution in [0.4, 0.5) is 5.69 Å². The third kappa shape index (κ3) is 2.80. The first-order chi connectivity index (χ1) is 10.6. The number of phenols is 1. The fraction of sp³-hybridized carbons (Fsp3) is 0. The number of phenolic OH excluding ortho intramolecular Hbond substituents is 1. The molecule has 0 aromatic heterocycles. The van der Waals surface area contributed by atoms with Crippen molar-refractivity contribution in [3.05, 3.63) is 69.7 Å². The Bertz CT molecular complexity index is 862. The molecule has 22 heavy (non-hydrogen) atoms. The summed E-state index contributed by atoms with van der Waals surface area (Å²) in [5.74, 6) is -0.0838. The topological polar surface area (TPSA) is 49.3 Å². The first-order valence-corrected chi connectivity index (χ1v) is 7.70. The van der Waals surface area contributed by atoms with Gasteiger partial charge in [0.1, 0.15) is 5.75 Å². The van der Waals surface area contributed by atoms with E-state index in [1.807, 2.05) is 18.2 Å². The van der Waals surface area contributed by atoms with Crippen molar-refractivity contribution in [1.29, 1.82) is 0 Å². The van der Waals surface area contributed by atoms with Gasteiger partial charge in [0.15, 0.2) is 0 Å². The van der Waals surface area contributed by atoms with Crippen LogP contribution in [0.15, 0.2) is 59.1 Å². The molecule has 3 aromatic rings. The molecule has 0 saturated heterocycles. The molecule has 0 radical (unpaired) electrons. The Labute approximate surface area is 140 Å². The van der Waals surface area contributed by atoms with Crippen LogP contribution in [0.2, 0.25) is 5.02 Å². The number of halogens is 2. The predicted molar refractivity (Wildman–Crippen MR) is 92.7 cm³/mol. The molecular formula is C17H11BrClNO2. The standard InChI is InChI=1S/C17H11BrClNO2/c18-14-9-15(12-3-1-2-4-13(12)16(14)21)20-17(22)10-5-7-11(19)8-6-10/h1-9,21H,(H,20,22). The molecule has 3 aromatic carbocycles. The molecule has 0 unspecified atom stereocenters. The largest absolute Gasteiger partial charge is 0.506 e. The lowest BCUT2D eigenvalue weighted by Gasteiger charge is -2.11. The Hall–Kier alpha value is -2.04. The van der Waals surface area contributed by atoms with Crippen molar-refractivity contribution < 1.29 is 9.90 Å². The molecule has 110 valence electrons. The summed E-state index contributed by atoms with van der Waals surface area (Å²) in [6.45, 7) is 0. The maximum absolute atomic E-state index is 12.3. The Kier molecular flexibility index (Phi) is 4.05. The van der Waals surface area contributed by atoms with Crippen molar-refractivity contribution in [2.75, 3.05) is 5.32 Å². The van der Waals surface area contributed by atoms with Crippen LogP contribution in [0.3, 0.4) is 0 Å². The molecule has 0 fully saturated rings. The third-order valence-electron chi connectivity index (χ3n) is 3.32. The molecule has 0 heterocycles. The minimum absolute atomic E-state index is 0.153. The van der Waals surface area contributed by atoms with Gasteiger partial charge in [0, 0.05) is 21.4 Å². The number of amides is 1. The van der Waals surface area contributed by atoms with E-state index in [0.29, 0.717) is 26.1 Å². The molecule has 1 amide bonds. The average molecular weight is 377 g/mol. The van der Waals surface area contributed by atoms with Gasteiger partial charge in [-0.25, -0.2) is 0 Å². The molecule has 5 heteroatoms. The average Bonchev–Trinajstić information content (AvgIpc) is 2.53. The highest BCUT2D eigenvalue weighted by atomic mass is 79.9. The number of fused-ring (bicyclic) bond motifs is 1. The van der Waals surface area contributed by atoms with E-state index in [2.05, 4.69) is 21.2 Å². The number of carbonyl (C=O) groups excluding carboxylic acids is 1. The lowest BCUT2D eigenvalue weighted by atomic mass is 10.1. The molecule has 0 atom stereocenters. The monoisotopic (exact) mass is 375 g/mol. The summed E-state index contributed by atoms with van der Waals surface area (Å²) in [6, 6.07) is 15.7. The number of hydrogen-bond donors (Lipinski definition) is 2. The number of rotatable bonds is 2. The highest BCUT2D eigenvalue weighted by molar-refractivity contribution is 9.10. The molecule has 0 saturated carbocycles. The van der Waals surface area contributed by atoms with E-state index in [-0.39, 0.29) is 11.7 Å². The number of hydrogen-bond acceptors (Lipinski definition) is 2. The van der Waals surface area contributed by atoms with E-state index >= 15 is 0 Å². The summed E-state index contributed by atoms with van der Waals surface area (Å²) in [5.41, 5.74) is 1.14. The fourth-order valence-electron chi connectivity index (χ4n) is 2.23. The maximum atomic E-state index is 12.3. The highest BCUT2D eigenvalue weighted by Crippen LogP contribution is 2.37. The SMILES string of the molecule is O=C(Nc1cc(Br)c(O)c2ccccc12)c1ccc(Cl)cc1. The van der Waals surface area contributed by atoms with Crippen molar-refractivity contribution in [3.8, 4) is 5.75 Å². The van der Waals surface area contributed by atoms with Crippen LogP contribution >= 0.6 is 27.5 Å². The van der Waals surface area contributed by atoms with Crippen LogP contribution in [0.5, 0.6) is 5.75 Å². The smallest absolute Gasteiger partial charge is 0.255 e. The Morgan fingerprint density at radius 2 is 1.68 bits per heavy atom. The summed E-state index contributed by atoms with van der Waals surface area (Å²) >= 11 is 9.13. The molecule has 3 nitrogen and oxygen atoms in total. The highest BCUT2D eigenvalue weighted by Gasteiger charge is 2.12. The number of anilines is 1. The van der Waals surface area contributed by atoms with E-state index in [0.717, 1.165) is 5.39 Å². The normalized spacial score (nSPS) is 10.6. The zero-order valence-corrected chi connectivity index (χ0v) is 13.6. The molecule has 0 bridgehead atoms. The quantitative estimate of drug-likeness (QED) is 0.603. The van der Waals surface area contributed by atoms with E-state index in [1.54, 1.807) is 36.4 Å². The molecule has 0 spiro atoms. The first kappa shape index (κ1) is 14.9. The van der Waals surface area contributed by atoms with Crippen LogP contribution < -0.4 is 5.32 Å². The maximum Gasteiger partial charge on any atom is 0.255 e. The van der Waals surface area contributed by atoms with Gasteiger partial charge in [-0.3, -0.25) is 4.79 Å². The van der Waals surface area contributed by atoms with Gasteiger partial charge < -0.3 is 10.4 Å². The van der Waals surface area contributed by atoms with Crippen molar-refractivity contribution >= 4 is 49.9 Å². The van der Waals surface area contributed by atoms with Crippen molar-refractivity contribution in [3.63, 3.8) is 0 Å². The van der Waals surface area contributed by atoms with Crippen LogP contribution in [0.25, 0.3) is 10.8 Å². The first-order valence-electron chi connectivity index (χ1n) is 6.53.